The van der Waals surface area contributed by atoms with Crippen LogP contribution in [0.25, 0.3) is 6.08 Å². The van der Waals surface area contributed by atoms with Gasteiger partial charge in [-0.1, -0.05) is 60.3 Å². The standard InChI is InChI=1S/C20H16N2O3S2/c1-13(11-14-7-3-2-4-8-14)12-17-19(25)22(20(26)27-17)21-18(24)15-9-5-6-10-16(15)23/h2-12,23H,1H3,(H,21,24)/b13-11-,17-12-. The summed E-state index contributed by atoms with van der Waals surface area (Å²) in [5.41, 5.74) is 4.42. The molecular weight excluding hydrogens is 380 g/mol. The first-order chi connectivity index (χ1) is 13.0. The zero-order valence-corrected chi connectivity index (χ0v) is 16.0. The molecule has 0 radical (unpaired) electrons. The summed E-state index contributed by atoms with van der Waals surface area (Å²) in [4.78, 5) is 25.3. The van der Waals surface area contributed by atoms with E-state index in [4.69, 9.17) is 12.2 Å². The highest BCUT2D eigenvalue weighted by molar-refractivity contribution is 8.26. The molecule has 1 heterocycles. The highest BCUT2D eigenvalue weighted by atomic mass is 32.2. The number of rotatable bonds is 4. The first kappa shape index (κ1) is 18.9. The molecule has 1 aliphatic heterocycles. The number of nitrogens with one attached hydrogen (secondary N) is 1. The second-order valence-electron chi connectivity index (χ2n) is 5.77. The van der Waals surface area contributed by atoms with E-state index in [0.717, 1.165) is 27.9 Å². The normalized spacial score (nSPS) is 16.1. The van der Waals surface area contributed by atoms with Crippen LogP contribution in [-0.2, 0) is 4.79 Å². The number of nitrogens with zero attached hydrogens (tertiary/aromatic N) is 1. The van der Waals surface area contributed by atoms with Crippen LogP contribution < -0.4 is 5.43 Å². The maximum absolute atomic E-state index is 12.6. The van der Waals surface area contributed by atoms with Crippen molar-refractivity contribution in [2.24, 2.45) is 0 Å². The van der Waals surface area contributed by atoms with Gasteiger partial charge >= 0.3 is 0 Å². The summed E-state index contributed by atoms with van der Waals surface area (Å²) in [5.74, 6) is -1.19. The molecule has 1 saturated heterocycles. The van der Waals surface area contributed by atoms with Crippen molar-refractivity contribution in [2.75, 3.05) is 0 Å². The Labute approximate surface area is 166 Å². The van der Waals surface area contributed by atoms with E-state index < -0.39 is 11.8 Å². The van der Waals surface area contributed by atoms with Crippen molar-refractivity contribution in [1.82, 2.24) is 10.4 Å². The molecule has 1 fully saturated rings. The Bertz CT molecular complexity index is 968. The summed E-state index contributed by atoms with van der Waals surface area (Å²) in [7, 11) is 0. The second kappa shape index (κ2) is 8.20. The monoisotopic (exact) mass is 396 g/mol. The fourth-order valence-corrected chi connectivity index (χ4v) is 3.68. The number of hydrazine groups is 1. The van der Waals surface area contributed by atoms with Gasteiger partial charge in [-0.25, -0.2) is 0 Å². The van der Waals surface area contributed by atoms with E-state index in [-0.39, 0.29) is 15.6 Å². The molecule has 0 saturated carbocycles. The number of hydrogen-bond donors (Lipinski definition) is 2. The van der Waals surface area contributed by atoms with Crippen molar-refractivity contribution >= 4 is 46.2 Å². The predicted octanol–water partition coefficient (Wildman–Crippen LogP) is 3.88. The van der Waals surface area contributed by atoms with Crippen LogP contribution in [0.5, 0.6) is 5.75 Å². The molecule has 0 aromatic heterocycles. The molecule has 136 valence electrons. The molecule has 2 N–H and O–H groups in total. The fraction of sp³-hybridized carbons (Fsp3) is 0.0500. The number of amides is 2. The molecule has 5 nitrogen and oxygen atoms in total. The van der Waals surface area contributed by atoms with E-state index in [1.54, 1.807) is 18.2 Å². The molecule has 0 spiro atoms. The van der Waals surface area contributed by atoms with E-state index in [0.29, 0.717) is 4.91 Å². The third-order valence-electron chi connectivity index (χ3n) is 3.71. The molecular formula is C20H16N2O3S2. The lowest BCUT2D eigenvalue weighted by Crippen LogP contribution is -2.44. The van der Waals surface area contributed by atoms with Crippen molar-refractivity contribution in [3.63, 3.8) is 0 Å². The van der Waals surface area contributed by atoms with Crippen molar-refractivity contribution in [3.05, 3.63) is 82.3 Å². The van der Waals surface area contributed by atoms with Gasteiger partial charge in [-0.3, -0.25) is 15.0 Å². The van der Waals surface area contributed by atoms with Gasteiger partial charge in [0, 0.05) is 0 Å². The molecule has 2 amide bonds. The number of thiocarbonyl (C=S) groups is 1. The Morgan fingerprint density at radius 1 is 1.15 bits per heavy atom. The molecule has 1 aliphatic rings. The van der Waals surface area contributed by atoms with Gasteiger partial charge in [-0.05, 0) is 48.5 Å². The number of hydrogen-bond acceptors (Lipinski definition) is 5. The van der Waals surface area contributed by atoms with Crippen molar-refractivity contribution in [1.29, 1.82) is 0 Å². The van der Waals surface area contributed by atoms with Crippen LogP contribution in [-0.4, -0.2) is 26.3 Å². The maximum Gasteiger partial charge on any atom is 0.285 e. The van der Waals surface area contributed by atoms with Crippen LogP contribution in [0.15, 0.2) is 71.2 Å². The fourth-order valence-electron chi connectivity index (χ4n) is 2.45. The number of benzene rings is 2. The summed E-state index contributed by atoms with van der Waals surface area (Å²) in [5, 5.41) is 10.8. The molecule has 2 aromatic rings. The Morgan fingerprint density at radius 2 is 1.81 bits per heavy atom. The quantitative estimate of drug-likeness (QED) is 0.606. The summed E-state index contributed by atoms with van der Waals surface area (Å²) in [6.07, 6.45) is 3.69. The summed E-state index contributed by atoms with van der Waals surface area (Å²) < 4.78 is 0.225. The summed E-state index contributed by atoms with van der Waals surface area (Å²) >= 11 is 6.32. The minimum absolute atomic E-state index is 0.0654. The zero-order chi connectivity index (χ0) is 19.4. The van der Waals surface area contributed by atoms with Crippen LogP contribution in [0.2, 0.25) is 0 Å². The van der Waals surface area contributed by atoms with E-state index in [1.165, 1.54) is 12.1 Å². The number of phenolic OH excluding ortho intramolecular Hbond substituents is 1. The third-order valence-corrected chi connectivity index (χ3v) is 5.01. The second-order valence-corrected chi connectivity index (χ2v) is 7.45. The number of allylic oxidation sites excluding steroid dienone is 2. The minimum atomic E-state index is -0.609. The van der Waals surface area contributed by atoms with Crippen molar-refractivity contribution in [3.8, 4) is 5.75 Å². The Kier molecular flexibility index (Phi) is 5.73. The maximum atomic E-state index is 12.6. The van der Waals surface area contributed by atoms with Gasteiger partial charge < -0.3 is 5.11 Å². The van der Waals surface area contributed by atoms with Crippen LogP contribution in [0, 0.1) is 0 Å². The highest BCUT2D eigenvalue weighted by Gasteiger charge is 2.34. The van der Waals surface area contributed by atoms with Crippen LogP contribution in [0.1, 0.15) is 22.8 Å². The smallest absolute Gasteiger partial charge is 0.285 e. The zero-order valence-electron chi connectivity index (χ0n) is 14.4. The lowest BCUT2D eigenvalue weighted by Gasteiger charge is -2.16. The average Bonchev–Trinajstić information content (AvgIpc) is 2.90. The molecule has 3 rings (SSSR count). The number of carbonyl (C=O) groups is 2. The van der Waals surface area contributed by atoms with E-state index >= 15 is 0 Å². The molecule has 0 bridgehead atoms. The molecule has 7 heteroatoms. The van der Waals surface area contributed by atoms with Gasteiger partial charge in [0.15, 0.2) is 4.32 Å². The van der Waals surface area contributed by atoms with Crippen molar-refractivity contribution in [2.45, 2.75) is 6.92 Å². The molecule has 0 atom stereocenters. The predicted molar refractivity (Wildman–Crippen MR) is 111 cm³/mol. The molecule has 0 unspecified atom stereocenters. The van der Waals surface area contributed by atoms with Crippen molar-refractivity contribution < 1.29 is 14.7 Å². The van der Waals surface area contributed by atoms with Crippen LogP contribution in [0.4, 0.5) is 0 Å². The van der Waals surface area contributed by atoms with Gasteiger partial charge in [0.2, 0.25) is 0 Å². The summed E-state index contributed by atoms with van der Waals surface area (Å²) in [6, 6.07) is 15.8. The first-order valence-corrected chi connectivity index (χ1v) is 9.28. The lowest BCUT2D eigenvalue weighted by atomic mass is 10.1. The Balaban J connectivity index is 1.76. The van der Waals surface area contributed by atoms with E-state index in [1.807, 2.05) is 43.3 Å². The SMILES string of the molecule is CC(=C/c1ccccc1)/C=C1\SC(=S)N(NC(=O)c2ccccc2O)C1=O. The summed E-state index contributed by atoms with van der Waals surface area (Å²) in [6.45, 7) is 1.89. The number of para-hydroxylation sites is 1. The molecule has 2 aromatic carbocycles. The van der Waals surface area contributed by atoms with E-state index in [9.17, 15) is 14.7 Å². The average molecular weight is 396 g/mol. The Morgan fingerprint density at radius 3 is 2.52 bits per heavy atom. The molecule has 27 heavy (non-hydrogen) atoms. The van der Waals surface area contributed by atoms with Crippen LogP contribution >= 0.6 is 24.0 Å². The number of aromatic hydroxyl groups is 1. The number of phenols is 1. The topological polar surface area (TPSA) is 69.6 Å². The number of carbonyl (C=O) groups excluding carboxylic acids is 2. The van der Waals surface area contributed by atoms with Gasteiger partial charge in [-0.2, -0.15) is 5.01 Å². The van der Waals surface area contributed by atoms with E-state index in [2.05, 4.69) is 5.43 Å². The third kappa shape index (κ3) is 4.45. The van der Waals surface area contributed by atoms with Gasteiger partial charge in [0.1, 0.15) is 5.75 Å². The van der Waals surface area contributed by atoms with Crippen LogP contribution in [0.3, 0.4) is 0 Å². The molecule has 0 aliphatic carbocycles. The van der Waals surface area contributed by atoms with Gasteiger partial charge in [-0.15, -0.1) is 0 Å². The van der Waals surface area contributed by atoms with Gasteiger partial charge in [0.25, 0.3) is 11.8 Å². The largest absolute Gasteiger partial charge is 0.507 e. The number of thioether (sulfide) groups is 1. The Hall–Kier alpha value is -2.90. The first-order valence-electron chi connectivity index (χ1n) is 8.06. The highest BCUT2D eigenvalue weighted by Crippen LogP contribution is 2.31. The van der Waals surface area contributed by atoms with Gasteiger partial charge in [0.05, 0.1) is 10.5 Å². The minimum Gasteiger partial charge on any atom is -0.507 e. The lowest BCUT2D eigenvalue weighted by molar-refractivity contribution is -0.123.